The third kappa shape index (κ3) is 2.63. The Hall–Kier alpha value is -2.18. The van der Waals surface area contributed by atoms with Crippen molar-refractivity contribution in [3.05, 3.63) is 48.0 Å². The first-order valence-electron chi connectivity index (χ1n) is 13.6. The van der Waals surface area contributed by atoms with E-state index in [9.17, 15) is 24.9 Å². The van der Waals surface area contributed by atoms with Crippen molar-refractivity contribution < 1.29 is 48.6 Å². The Bertz CT molecular complexity index is 1280. The van der Waals surface area contributed by atoms with Gasteiger partial charge in [-0.15, -0.1) is 0 Å². The number of ketones is 1. The van der Waals surface area contributed by atoms with Crippen LogP contribution in [0.5, 0.6) is 0 Å². The monoisotopic (exact) mass is 542 g/mol. The Labute approximate surface area is 225 Å². The summed E-state index contributed by atoms with van der Waals surface area (Å²) in [5, 5.41) is 34.5. The number of carbonyl (C=O) groups excluding carboxylic acids is 2. The lowest BCUT2D eigenvalue weighted by atomic mass is 9.52. The Balaban J connectivity index is 1.55. The van der Waals surface area contributed by atoms with Gasteiger partial charge in [-0.2, -0.15) is 0 Å². The minimum atomic E-state index is -2.29. The highest BCUT2D eigenvalue weighted by molar-refractivity contribution is 5.93. The van der Waals surface area contributed by atoms with Gasteiger partial charge in [-0.1, -0.05) is 50.8 Å². The lowest BCUT2D eigenvalue weighted by Crippen LogP contribution is -2.76. The maximum Gasteiger partial charge on any atom is 0.314 e. The summed E-state index contributed by atoms with van der Waals surface area (Å²) in [5.41, 5.74) is -5.63. The summed E-state index contributed by atoms with van der Waals surface area (Å²) in [6.45, 7) is 10.2. The van der Waals surface area contributed by atoms with E-state index in [1.807, 2.05) is 25.1 Å². The van der Waals surface area contributed by atoms with Crippen LogP contribution in [0.4, 0.5) is 0 Å². The molecule has 3 N–H and O–H groups in total. The maximum absolute atomic E-state index is 13.7. The van der Waals surface area contributed by atoms with Crippen LogP contribution >= 0.6 is 0 Å². The molecule has 1 aromatic rings. The van der Waals surface area contributed by atoms with Crippen molar-refractivity contribution >= 4 is 11.8 Å². The van der Waals surface area contributed by atoms with E-state index in [4.69, 9.17) is 23.7 Å². The molecule has 7 rings (SSSR count). The third-order valence-corrected chi connectivity index (χ3v) is 10.6. The maximum atomic E-state index is 13.7. The van der Waals surface area contributed by atoms with Crippen LogP contribution in [0.15, 0.2) is 42.5 Å². The summed E-state index contributed by atoms with van der Waals surface area (Å²) in [5.74, 6) is -5.81. The molecule has 3 bridgehead atoms. The van der Waals surface area contributed by atoms with Gasteiger partial charge in [-0.05, 0) is 18.9 Å². The Morgan fingerprint density at radius 2 is 1.82 bits per heavy atom. The minimum Gasteiger partial charge on any atom is -0.459 e. The number of rotatable bonds is 4. The van der Waals surface area contributed by atoms with Crippen LogP contribution in [0, 0.1) is 23.7 Å². The first kappa shape index (κ1) is 25.8. The van der Waals surface area contributed by atoms with Gasteiger partial charge in [0.2, 0.25) is 0 Å². The summed E-state index contributed by atoms with van der Waals surface area (Å²) in [7, 11) is 0. The highest BCUT2D eigenvalue weighted by atomic mass is 16.9. The number of epoxide rings is 1. The molecule has 3 aliphatic heterocycles. The molecule has 0 spiro atoms. The predicted molar refractivity (Wildman–Crippen MR) is 132 cm³/mol. The number of carbonyl (C=O) groups is 2. The normalized spacial score (nSPS) is 54.4. The Kier molecular flexibility index (Phi) is 4.99. The Morgan fingerprint density at radius 1 is 1.13 bits per heavy atom. The van der Waals surface area contributed by atoms with Gasteiger partial charge in [0, 0.05) is 36.2 Å². The SMILES string of the molecule is C=C(C)[C@@]12O[C@@]3(c4ccccc4)OC1C1[C@@H]4O[C@]4(CO)[C@@H](O)[C@]4(O)C(=O)[C@@H](C)CC4C1(O3)[C@H](C)[C@H]2OC(C)=O. The number of hydrogen-bond acceptors (Lipinski definition) is 10. The predicted octanol–water partition coefficient (Wildman–Crippen LogP) is 0.954. The molecule has 0 amide bonds. The number of benzene rings is 1. The van der Waals surface area contributed by atoms with Crippen LogP contribution in [-0.2, 0) is 39.2 Å². The average Bonchev–Trinajstić information content (AvgIpc) is 3.53. The molecule has 10 heteroatoms. The fraction of sp³-hybridized carbons (Fsp3) is 0.655. The fourth-order valence-corrected chi connectivity index (χ4v) is 8.94. The van der Waals surface area contributed by atoms with E-state index in [1.54, 1.807) is 26.0 Å². The van der Waals surface area contributed by atoms with Crippen molar-refractivity contribution in [3.63, 3.8) is 0 Å². The first-order valence-corrected chi connectivity index (χ1v) is 13.6. The van der Waals surface area contributed by atoms with E-state index < -0.39 is 94.8 Å². The topological polar surface area (TPSA) is 144 Å². The van der Waals surface area contributed by atoms with Gasteiger partial charge in [0.05, 0.1) is 12.2 Å². The third-order valence-electron chi connectivity index (χ3n) is 10.6. The molecule has 3 aliphatic carbocycles. The van der Waals surface area contributed by atoms with E-state index in [0.717, 1.165) is 0 Å². The molecule has 39 heavy (non-hydrogen) atoms. The number of aliphatic hydroxyl groups excluding tert-OH is 2. The van der Waals surface area contributed by atoms with Crippen molar-refractivity contribution in [1.29, 1.82) is 0 Å². The van der Waals surface area contributed by atoms with Crippen LogP contribution in [0.25, 0.3) is 0 Å². The molecule has 10 nitrogen and oxygen atoms in total. The zero-order valence-corrected chi connectivity index (χ0v) is 22.3. The second-order valence-corrected chi connectivity index (χ2v) is 12.4. The van der Waals surface area contributed by atoms with Crippen molar-refractivity contribution in [2.24, 2.45) is 23.7 Å². The van der Waals surface area contributed by atoms with Gasteiger partial charge in [0.25, 0.3) is 0 Å². The molecule has 4 unspecified atom stereocenters. The summed E-state index contributed by atoms with van der Waals surface area (Å²) >= 11 is 0. The molecular weight excluding hydrogens is 508 g/mol. The second-order valence-electron chi connectivity index (χ2n) is 12.4. The van der Waals surface area contributed by atoms with Gasteiger partial charge >= 0.3 is 11.9 Å². The van der Waals surface area contributed by atoms with E-state index in [2.05, 4.69) is 6.58 Å². The fourth-order valence-electron chi connectivity index (χ4n) is 8.94. The van der Waals surface area contributed by atoms with Crippen molar-refractivity contribution in [2.75, 3.05) is 6.61 Å². The van der Waals surface area contributed by atoms with Gasteiger partial charge in [0.1, 0.15) is 30.0 Å². The molecule has 3 heterocycles. The minimum absolute atomic E-state index is 0.200. The number of ether oxygens (including phenoxy) is 5. The smallest absolute Gasteiger partial charge is 0.314 e. The first-order chi connectivity index (χ1) is 18.4. The van der Waals surface area contributed by atoms with E-state index >= 15 is 0 Å². The van der Waals surface area contributed by atoms with Crippen LogP contribution < -0.4 is 0 Å². The van der Waals surface area contributed by atoms with E-state index in [0.29, 0.717) is 11.1 Å². The zero-order valence-electron chi connectivity index (χ0n) is 22.3. The number of Topliss-reactive ketones (excluding diaryl/α,β-unsaturated/α-hetero) is 1. The summed E-state index contributed by atoms with van der Waals surface area (Å²) in [6, 6.07) is 9.06. The van der Waals surface area contributed by atoms with Gasteiger partial charge in [-0.25, -0.2) is 0 Å². The van der Waals surface area contributed by atoms with Crippen LogP contribution in [0.3, 0.4) is 0 Å². The van der Waals surface area contributed by atoms with Crippen molar-refractivity contribution in [1.82, 2.24) is 0 Å². The van der Waals surface area contributed by atoms with Crippen LogP contribution in [0.1, 0.15) is 39.7 Å². The second kappa shape index (κ2) is 7.55. The lowest BCUT2D eigenvalue weighted by Gasteiger charge is -2.61. The van der Waals surface area contributed by atoms with Crippen molar-refractivity contribution in [2.45, 2.75) is 86.9 Å². The molecule has 6 aliphatic rings. The van der Waals surface area contributed by atoms with Crippen molar-refractivity contribution in [3.8, 4) is 0 Å². The largest absolute Gasteiger partial charge is 0.459 e. The van der Waals surface area contributed by atoms with E-state index in [-0.39, 0.29) is 6.42 Å². The lowest BCUT2D eigenvalue weighted by molar-refractivity contribution is -0.443. The summed E-state index contributed by atoms with van der Waals surface area (Å²) in [6.07, 6.45) is -4.18. The molecule has 3 saturated heterocycles. The standard InChI is InChI=1S/C29H34O10/c1-13(2)27-21(35-16(5)31)15(4)28-18-11-14(3)20(32)26(18,34)24(33)25(12-30)22(36-25)19(28)23(27)37-29(38-27,39-28)17-9-7-6-8-10-17/h6-10,14-15,18-19,21-24,30,33-34H,1,11-12H2,2-5H3/t14-,15+,18?,19?,21+,22-,23?,24+,25-,26+,27-,28?,29+/m0/s1. The molecule has 0 radical (unpaired) electrons. The Morgan fingerprint density at radius 3 is 2.44 bits per heavy atom. The highest BCUT2D eigenvalue weighted by Gasteiger charge is 2.91. The summed E-state index contributed by atoms with van der Waals surface area (Å²) < 4.78 is 32.7. The number of fused-ring (bicyclic) bond motifs is 3. The quantitative estimate of drug-likeness (QED) is 0.286. The molecule has 210 valence electrons. The molecule has 0 aromatic heterocycles. The number of hydrogen-bond donors (Lipinski definition) is 3. The van der Waals surface area contributed by atoms with E-state index in [1.165, 1.54) is 6.92 Å². The van der Waals surface area contributed by atoms with Gasteiger partial charge in [0.15, 0.2) is 17.0 Å². The summed E-state index contributed by atoms with van der Waals surface area (Å²) in [4.78, 5) is 26.2. The average molecular weight is 543 g/mol. The van der Waals surface area contributed by atoms with Gasteiger partial charge in [-0.3, -0.25) is 9.59 Å². The van der Waals surface area contributed by atoms with Crippen LogP contribution in [-0.4, -0.2) is 80.5 Å². The molecule has 3 saturated carbocycles. The van der Waals surface area contributed by atoms with Crippen LogP contribution in [0.2, 0.25) is 0 Å². The number of aliphatic hydroxyl groups is 3. The number of esters is 1. The zero-order chi connectivity index (χ0) is 27.9. The molecule has 1 aromatic carbocycles. The highest BCUT2D eigenvalue weighted by Crippen LogP contribution is 2.74. The molecular formula is C29H34O10. The molecule has 6 fully saturated rings. The van der Waals surface area contributed by atoms with Gasteiger partial charge < -0.3 is 39.0 Å². The molecule has 13 atom stereocenters.